The topological polar surface area (TPSA) is 72.5 Å². The number of carbonyl (C=O) groups excluding carboxylic acids is 1. The molecular weight excluding hydrogens is 234 g/mol. The van der Waals surface area contributed by atoms with E-state index in [2.05, 4.69) is 15.8 Å². The largest absolute Gasteiger partial charge is 0.481 e. The van der Waals surface area contributed by atoms with Crippen LogP contribution in [0.2, 0.25) is 0 Å². The van der Waals surface area contributed by atoms with Crippen molar-refractivity contribution < 1.29 is 14.4 Å². The molecule has 98 valence electrons. The van der Waals surface area contributed by atoms with Crippen LogP contribution in [0.5, 0.6) is 5.88 Å². The van der Waals surface area contributed by atoms with Gasteiger partial charge in [0.1, 0.15) is 0 Å². The van der Waals surface area contributed by atoms with Gasteiger partial charge in [-0.1, -0.05) is 0 Å². The lowest BCUT2D eigenvalue weighted by Crippen LogP contribution is -2.39. The SMILES string of the molecule is COc1cc(CNC(=O)C2CCNOC2)ccn1. The summed E-state index contributed by atoms with van der Waals surface area (Å²) in [6.07, 6.45) is 2.46. The Labute approximate surface area is 106 Å². The summed E-state index contributed by atoms with van der Waals surface area (Å²) < 4.78 is 5.03. The number of hydrogen-bond donors (Lipinski definition) is 2. The maximum Gasteiger partial charge on any atom is 0.225 e. The fourth-order valence-corrected chi connectivity index (χ4v) is 1.76. The van der Waals surface area contributed by atoms with Crippen LogP contribution in [0.1, 0.15) is 12.0 Å². The van der Waals surface area contributed by atoms with E-state index in [9.17, 15) is 4.79 Å². The monoisotopic (exact) mass is 251 g/mol. The summed E-state index contributed by atoms with van der Waals surface area (Å²) in [5.41, 5.74) is 3.72. The van der Waals surface area contributed by atoms with Crippen LogP contribution in [0.4, 0.5) is 0 Å². The summed E-state index contributed by atoms with van der Waals surface area (Å²) >= 11 is 0. The average molecular weight is 251 g/mol. The van der Waals surface area contributed by atoms with Gasteiger partial charge in [0.05, 0.1) is 19.6 Å². The van der Waals surface area contributed by atoms with Gasteiger partial charge in [-0.15, -0.1) is 0 Å². The second-order valence-electron chi connectivity index (χ2n) is 4.12. The molecule has 6 heteroatoms. The van der Waals surface area contributed by atoms with Crippen molar-refractivity contribution in [3.63, 3.8) is 0 Å². The molecule has 0 spiro atoms. The van der Waals surface area contributed by atoms with Gasteiger partial charge in [0, 0.05) is 25.4 Å². The average Bonchev–Trinajstić information content (AvgIpc) is 2.46. The maximum atomic E-state index is 11.9. The van der Waals surface area contributed by atoms with Crippen LogP contribution in [-0.4, -0.2) is 31.2 Å². The number of nitrogens with zero attached hydrogens (tertiary/aromatic N) is 1. The number of pyridine rings is 1. The number of hydrogen-bond acceptors (Lipinski definition) is 5. The highest BCUT2D eigenvalue weighted by Crippen LogP contribution is 2.10. The quantitative estimate of drug-likeness (QED) is 0.802. The second kappa shape index (κ2) is 6.32. The molecule has 0 bridgehead atoms. The van der Waals surface area contributed by atoms with E-state index in [1.54, 1.807) is 19.4 Å². The third kappa shape index (κ3) is 3.41. The lowest BCUT2D eigenvalue weighted by molar-refractivity contribution is -0.131. The van der Waals surface area contributed by atoms with E-state index in [0.29, 0.717) is 25.6 Å². The highest BCUT2D eigenvalue weighted by Gasteiger charge is 2.21. The number of carbonyl (C=O) groups is 1. The van der Waals surface area contributed by atoms with Gasteiger partial charge in [-0.05, 0) is 18.1 Å². The van der Waals surface area contributed by atoms with Gasteiger partial charge >= 0.3 is 0 Å². The van der Waals surface area contributed by atoms with Gasteiger partial charge in [0.25, 0.3) is 0 Å². The fourth-order valence-electron chi connectivity index (χ4n) is 1.76. The maximum absolute atomic E-state index is 11.9. The zero-order chi connectivity index (χ0) is 12.8. The van der Waals surface area contributed by atoms with E-state index >= 15 is 0 Å². The summed E-state index contributed by atoms with van der Waals surface area (Å²) in [4.78, 5) is 20.9. The minimum absolute atomic E-state index is 0.0206. The number of methoxy groups -OCH3 is 1. The first-order valence-corrected chi connectivity index (χ1v) is 5.91. The molecule has 1 atom stereocenters. The normalized spacial score (nSPS) is 19.3. The second-order valence-corrected chi connectivity index (χ2v) is 4.12. The van der Waals surface area contributed by atoms with Crippen molar-refractivity contribution in [2.24, 2.45) is 5.92 Å². The summed E-state index contributed by atoms with van der Waals surface area (Å²) in [6, 6.07) is 3.65. The number of aromatic nitrogens is 1. The summed E-state index contributed by atoms with van der Waals surface area (Å²) in [6.45, 7) is 1.61. The first kappa shape index (κ1) is 12.8. The van der Waals surface area contributed by atoms with Crippen molar-refractivity contribution >= 4 is 5.91 Å². The molecule has 2 rings (SSSR count). The Bertz CT molecular complexity index is 405. The Morgan fingerprint density at radius 3 is 3.33 bits per heavy atom. The van der Waals surface area contributed by atoms with Crippen molar-refractivity contribution in [1.82, 2.24) is 15.8 Å². The van der Waals surface area contributed by atoms with Gasteiger partial charge in [0.2, 0.25) is 11.8 Å². The van der Waals surface area contributed by atoms with Gasteiger partial charge in [-0.3, -0.25) is 4.79 Å². The number of rotatable bonds is 4. The van der Waals surface area contributed by atoms with E-state index in [-0.39, 0.29) is 11.8 Å². The molecule has 1 amide bonds. The van der Waals surface area contributed by atoms with Crippen LogP contribution in [-0.2, 0) is 16.2 Å². The van der Waals surface area contributed by atoms with Crippen LogP contribution in [0.3, 0.4) is 0 Å². The molecule has 1 unspecified atom stereocenters. The zero-order valence-electron chi connectivity index (χ0n) is 10.3. The van der Waals surface area contributed by atoms with Crippen molar-refractivity contribution in [3.05, 3.63) is 23.9 Å². The third-order valence-electron chi connectivity index (χ3n) is 2.83. The van der Waals surface area contributed by atoms with Crippen molar-refractivity contribution in [2.75, 3.05) is 20.3 Å². The molecular formula is C12H17N3O3. The van der Waals surface area contributed by atoms with Gasteiger partial charge in [-0.2, -0.15) is 0 Å². The first-order valence-electron chi connectivity index (χ1n) is 5.91. The predicted octanol–water partition coefficient (Wildman–Crippen LogP) is 0.247. The molecule has 0 saturated carbocycles. The molecule has 1 aromatic rings. The molecule has 2 heterocycles. The molecule has 6 nitrogen and oxygen atoms in total. The molecule has 0 aliphatic carbocycles. The van der Waals surface area contributed by atoms with Gasteiger partial charge in [-0.25, -0.2) is 10.5 Å². The summed E-state index contributed by atoms with van der Waals surface area (Å²) in [5.74, 6) is 0.495. The summed E-state index contributed by atoms with van der Waals surface area (Å²) in [5, 5.41) is 2.89. The summed E-state index contributed by atoms with van der Waals surface area (Å²) in [7, 11) is 1.57. The molecule has 18 heavy (non-hydrogen) atoms. The molecule has 1 aliphatic heterocycles. The van der Waals surface area contributed by atoms with E-state index < -0.39 is 0 Å². The van der Waals surface area contributed by atoms with Crippen molar-refractivity contribution in [3.8, 4) is 5.88 Å². The van der Waals surface area contributed by atoms with Crippen LogP contribution >= 0.6 is 0 Å². The smallest absolute Gasteiger partial charge is 0.225 e. The van der Waals surface area contributed by atoms with Crippen molar-refractivity contribution in [1.29, 1.82) is 0 Å². The Hall–Kier alpha value is -1.66. The van der Waals surface area contributed by atoms with E-state index in [4.69, 9.17) is 9.57 Å². The molecule has 1 saturated heterocycles. The predicted molar refractivity (Wildman–Crippen MR) is 64.7 cm³/mol. The van der Waals surface area contributed by atoms with Crippen LogP contribution in [0, 0.1) is 5.92 Å². The number of nitrogens with one attached hydrogen (secondary N) is 2. The molecule has 0 aromatic carbocycles. The van der Waals surface area contributed by atoms with E-state index in [1.807, 2.05) is 6.07 Å². The standard InChI is InChI=1S/C12H17N3O3/c1-17-11-6-9(2-4-13-11)7-14-12(16)10-3-5-15-18-8-10/h2,4,6,10,15H,3,5,7-8H2,1H3,(H,14,16). The molecule has 2 N–H and O–H groups in total. The van der Waals surface area contributed by atoms with Gasteiger partial charge < -0.3 is 14.9 Å². The minimum atomic E-state index is -0.0741. The Morgan fingerprint density at radius 2 is 2.61 bits per heavy atom. The molecule has 1 aliphatic rings. The minimum Gasteiger partial charge on any atom is -0.481 e. The highest BCUT2D eigenvalue weighted by atomic mass is 16.6. The van der Waals surface area contributed by atoms with Crippen molar-refractivity contribution in [2.45, 2.75) is 13.0 Å². The molecule has 1 fully saturated rings. The Balaban J connectivity index is 1.84. The fraction of sp³-hybridized carbons (Fsp3) is 0.500. The highest BCUT2D eigenvalue weighted by molar-refractivity contribution is 5.78. The third-order valence-corrected chi connectivity index (χ3v) is 2.83. The lowest BCUT2D eigenvalue weighted by Gasteiger charge is -2.21. The Kier molecular flexibility index (Phi) is 4.49. The van der Waals surface area contributed by atoms with Crippen LogP contribution in [0.25, 0.3) is 0 Å². The van der Waals surface area contributed by atoms with Gasteiger partial charge in [0.15, 0.2) is 0 Å². The number of amides is 1. The first-order chi connectivity index (χ1) is 8.79. The number of ether oxygens (including phenoxy) is 1. The Morgan fingerprint density at radius 1 is 1.72 bits per heavy atom. The van der Waals surface area contributed by atoms with E-state index in [0.717, 1.165) is 12.0 Å². The molecule has 1 aromatic heterocycles. The zero-order valence-corrected chi connectivity index (χ0v) is 10.3. The lowest BCUT2D eigenvalue weighted by atomic mass is 10.1. The van der Waals surface area contributed by atoms with Crippen LogP contribution in [0.15, 0.2) is 18.3 Å². The van der Waals surface area contributed by atoms with E-state index in [1.165, 1.54) is 0 Å². The number of hydroxylamine groups is 1. The molecule has 0 radical (unpaired) electrons. The van der Waals surface area contributed by atoms with Crippen LogP contribution < -0.4 is 15.5 Å².